The molecule has 0 saturated carbocycles. The lowest BCUT2D eigenvalue weighted by molar-refractivity contribution is -0.0377. The fourth-order valence-corrected chi connectivity index (χ4v) is 4.02. The van der Waals surface area contributed by atoms with Gasteiger partial charge in [-0.05, 0) is 18.5 Å². The maximum atomic E-state index is 4.64. The van der Waals surface area contributed by atoms with Crippen LogP contribution in [-0.2, 0) is 0 Å². The Morgan fingerprint density at radius 2 is 2.12 bits per heavy atom. The van der Waals surface area contributed by atoms with Crippen molar-refractivity contribution in [3.05, 3.63) is 12.3 Å². The second kappa shape index (κ2) is 3.82. The minimum absolute atomic E-state index is 0.605. The molecular weight excluding hydrogens is 212 g/mol. The fraction of sp³-hybridized carbons (Fsp3) is 0.769. The first-order valence-electron chi connectivity index (χ1n) is 6.82. The molecule has 0 aromatic rings. The smallest absolute Gasteiger partial charge is 0.0921 e. The maximum Gasteiger partial charge on any atom is 0.0921 e. The molecule has 0 bridgehead atoms. The lowest BCUT2D eigenvalue weighted by Crippen LogP contribution is -2.62. The van der Waals surface area contributed by atoms with Crippen LogP contribution in [0.2, 0.25) is 0 Å². The molecule has 4 heteroatoms. The van der Waals surface area contributed by atoms with Crippen molar-refractivity contribution in [1.29, 1.82) is 0 Å². The standard InChI is InChI=1S/C13H20N4/c1-3-16-5-2-10-6-14-7-11-8-15-9-17(4-1)13(16)12(10)11/h2,5,8,10-14H,1,3-4,6-7,9H2/t10?,11?,12-,13-/m0/s1. The molecule has 4 nitrogen and oxygen atoms in total. The Morgan fingerprint density at radius 1 is 1.18 bits per heavy atom. The van der Waals surface area contributed by atoms with E-state index in [0.717, 1.165) is 25.7 Å². The molecule has 2 fully saturated rings. The summed E-state index contributed by atoms with van der Waals surface area (Å²) in [6, 6.07) is 0. The van der Waals surface area contributed by atoms with Gasteiger partial charge in [0.2, 0.25) is 0 Å². The van der Waals surface area contributed by atoms with Gasteiger partial charge in [-0.3, -0.25) is 9.89 Å². The molecule has 0 aromatic heterocycles. The summed E-state index contributed by atoms with van der Waals surface area (Å²) in [5, 5.41) is 3.55. The quantitative estimate of drug-likeness (QED) is 0.653. The van der Waals surface area contributed by atoms with Crippen molar-refractivity contribution in [3.63, 3.8) is 0 Å². The molecule has 17 heavy (non-hydrogen) atoms. The molecule has 4 aliphatic heterocycles. The molecule has 4 rings (SSSR count). The highest BCUT2D eigenvalue weighted by molar-refractivity contribution is 5.62. The topological polar surface area (TPSA) is 30.9 Å². The highest BCUT2D eigenvalue weighted by Gasteiger charge is 2.45. The normalized spacial score (nSPS) is 44.4. The van der Waals surface area contributed by atoms with Crippen LogP contribution in [0.1, 0.15) is 6.42 Å². The average molecular weight is 232 g/mol. The van der Waals surface area contributed by atoms with Gasteiger partial charge >= 0.3 is 0 Å². The van der Waals surface area contributed by atoms with E-state index in [1.165, 1.54) is 19.5 Å². The summed E-state index contributed by atoms with van der Waals surface area (Å²) in [7, 11) is 0. The minimum Gasteiger partial charge on any atom is -0.362 e. The Bertz CT molecular complexity index is 364. The fourth-order valence-electron chi connectivity index (χ4n) is 4.02. The van der Waals surface area contributed by atoms with Crippen LogP contribution in [0.4, 0.5) is 0 Å². The molecule has 0 aliphatic carbocycles. The molecular formula is C13H20N4. The summed E-state index contributed by atoms with van der Waals surface area (Å²) in [4.78, 5) is 9.77. The van der Waals surface area contributed by atoms with Crippen molar-refractivity contribution in [2.45, 2.75) is 12.6 Å². The van der Waals surface area contributed by atoms with Crippen LogP contribution < -0.4 is 5.32 Å². The molecule has 2 unspecified atom stereocenters. The van der Waals surface area contributed by atoms with Crippen LogP contribution >= 0.6 is 0 Å². The van der Waals surface area contributed by atoms with E-state index >= 15 is 0 Å². The third-order valence-corrected chi connectivity index (χ3v) is 4.75. The van der Waals surface area contributed by atoms with Crippen molar-refractivity contribution in [3.8, 4) is 0 Å². The summed E-state index contributed by atoms with van der Waals surface area (Å²) >= 11 is 0. The van der Waals surface area contributed by atoms with Crippen LogP contribution in [0.5, 0.6) is 0 Å². The Hall–Kier alpha value is -0.870. The highest BCUT2D eigenvalue weighted by atomic mass is 15.4. The number of aliphatic imine (C=N–C) groups is 1. The molecule has 2 saturated heterocycles. The third-order valence-electron chi connectivity index (χ3n) is 4.75. The van der Waals surface area contributed by atoms with Crippen LogP contribution in [0.3, 0.4) is 0 Å². The van der Waals surface area contributed by atoms with Crippen molar-refractivity contribution in [2.24, 2.45) is 22.7 Å². The van der Waals surface area contributed by atoms with Crippen LogP contribution in [-0.4, -0.2) is 55.0 Å². The second-order valence-electron chi connectivity index (χ2n) is 5.70. The predicted molar refractivity (Wildman–Crippen MR) is 67.7 cm³/mol. The van der Waals surface area contributed by atoms with Crippen LogP contribution in [0, 0.1) is 17.8 Å². The van der Waals surface area contributed by atoms with Gasteiger partial charge in [-0.2, -0.15) is 0 Å². The van der Waals surface area contributed by atoms with E-state index in [4.69, 9.17) is 0 Å². The van der Waals surface area contributed by atoms with E-state index in [2.05, 4.69) is 38.6 Å². The summed E-state index contributed by atoms with van der Waals surface area (Å²) in [5.74, 6) is 2.06. The zero-order valence-electron chi connectivity index (χ0n) is 10.1. The zero-order chi connectivity index (χ0) is 11.2. The van der Waals surface area contributed by atoms with Gasteiger partial charge < -0.3 is 10.2 Å². The van der Waals surface area contributed by atoms with E-state index in [1.807, 2.05) is 0 Å². The minimum atomic E-state index is 0.605. The molecule has 4 atom stereocenters. The summed E-state index contributed by atoms with van der Waals surface area (Å²) < 4.78 is 0. The van der Waals surface area contributed by atoms with E-state index < -0.39 is 0 Å². The average Bonchev–Trinajstić information content (AvgIpc) is 2.57. The van der Waals surface area contributed by atoms with Gasteiger partial charge in [-0.25, -0.2) is 0 Å². The molecule has 0 amide bonds. The zero-order valence-corrected chi connectivity index (χ0v) is 10.1. The van der Waals surface area contributed by atoms with Gasteiger partial charge in [0.15, 0.2) is 0 Å². The Morgan fingerprint density at radius 3 is 3.12 bits per heavy atom. The predicted octanol–water partition coefficient (Wildman–Crippen LogP) is 0.341. The maximum absolute atomic E-state index is 4.64. The highest BCUT2D eigenvalue weighted by Crippen LogP contribution is 2.38. The molecule has 0 aromatic carbocycles. The van der Waals surface area contributed by atoms with Crippen molar-refractivity contribution in [1.82, 2.24) is 15.1 Å². The Balaban J connectivity index is 1.76. The van der Waals surface area contributed by atoms with Gasteiger partial charge in [0, 0.05) is 44.2 Å². The van der Waals surface area contributed by atoms with Gasteiger partial charge in [0.1, 0.15) is 0 Å². The second-order valence-corrected chi connectivity index (χ2v) is 5.70. The van der Waals surface area contributed by atoms with Crippen LogP contribution in [0.25, 0.3) is 0 Å². The van der Waals surface area contributed by atoms with E-state index in [-0.39, 0.29) is 0 Å². The van der Waals surface area contributed by atoms with Crippen molar-refractivity contribution in [2.75, 3.05) is 32.8 Å². The molecule has 1 N–H and O–H groups in total. The van der Waals surface area contributed by atoms with Gasteiger partial charge in [0.25, 0.3) is 0 Å². The summed E-state index contributed by atoms with van der Waals surface area (Å²) in [6.45, 7) is 5.59. The number of rotatable bonds is 0. The number of nitrogens with zero attached hydrogens (tertiary/aromatic N) is 3. The van der Waals surface area contributed by atoms with Crippen LogP contribution in [0.15, 0.2) is 17.3 Å². The van der Waals surface area contributed by atoms with Gasteiger partial charge in [0.05, 0.1) is 12.8 Å². The first kappa shape index (κ1) is 10.1. The van der Waals surface area contributed by atoms with Gasteiger partial charge in [-0.1, -0.05) is 6.08 Å². The monoisotopic (exact) mass is 232 g/mol. The molecule has 92 valence electrons. The summed E-state index contributed by atoms with van der Waals surface area (Å²) in [6.07, 6.45) is 8.86. The van der Waals surface area contributed by atoms with E-state index in [0.29, 0.717) is 18.0 Å². The lowest BCUT2D eigenvalue weighted by Gasteiger charge is -2.52. The Labute approximate surface area is 102 Å². The van der Waals surface area contributed by atoms with Crippen molar-refractivity contribution < 1.29 is 0 Å². The number of piperidine rings is 1. The van der Waals surface area contributed by atoms with Gasteiger partial charge in [-0.15, -0.1) is 0 Å². The van der Waals surface area contributed by atoms with E-state index in [1.54, 1.807) is 0 Å². The lowest BCUT2D eigenvalue weighted by atomic mass is 9.74. The molecule has 0 spiro atoms. The van der Waals surface area contributed by atoms with Crippen molar-refractivity contribution >= 4 is 6.21 Å². The molecule has 4 aliphatic rings. The summed E-state index contributed by atoms with van der Waals surface area (Å²) in [5.41, 5.74) is 0. The first-order chi connectivity index (χ1) is 8.43. The number of hydrogen-bond donors (Lipinski definition) is 1. The SMILES string of the molecule is C1=CN2CCCN3CN=CC4CNCC1[C@@H]4[C@@H]23. The van der Waals surface area contributed by atoms with E-state index in [9.17, 15) is 0 Å². The number of nitrogens with one attached hydrogen (secondary N) is 1. The first-order valence-corrected chi connectivity index (χ1v) is 6.82. The number of hydrogen-bond acceptors (Lipinski definition) is 4. The molecule has 4 heterocycles. The third kappa shape index (κ3) is 1.47. The largest absolute Gasteiger partial charge is 0.362 e. The molecule has 0 radical (unpaired) electrons. The Kier molecular flexibility index (Phi) is 2.27.